The van der Waals surface area contributed by atoms with E-state index in [1.54, 1.807) is 18.2 Å². The highest BCUT2D eigenvalue weighted by Crippen LogP contribution is 2.26. The molecule has 3 rings (SSSR count). The van der Waals surface area contributed by atoms with Gasteiger partial charge in [0.05, 0.1) is 22.9 Å². The summed E-state index contributed by atoms with van der Waals surface area (Å²) in [5, 5.41) is 9.02. The van der Waals surface area contributed by atoms with Crippen LogP contribution in [0.25, 0.3) is 11.0 Å². The van der Waals surface area contributed by atoms with Crippen LogP contribution in [0.15, 0.2) is 24.5 Å². The fourth-order valence-corrected chi connectivity index (χ4v) is 3.61. The molecule has 0 spiro atoms. The highest BCUT2D eigenvalue weighted by Gasteiger charge is 2.17. The molecule has 4 nitrogen and oxygen atoms in total. The predicted molar refractivity (Wildman–Crippen MR) is 72.1 cm³/mol. The standard InChI is InChI=1S/C13H14N2O2S/c16-13(17)10-1-2-11-12(5-10)15(8-14-11)6-9-3-4-18-7-9/h1-2,5,8-9H,3-4,6-7H2,(H,16,17). The number of aromatic nitrogens is 2. The molecule has 1 N–H and O–H groups in total. The molecule has 1 aliphatic rings. The third-order valence-corrected chi connectivity index (χ3v) is 4.58. The molecule has 1 aromatic carbocycles. The van der Waals surface area contributed by atoms with Gasteiger partial charge in [-0.05, 0) is 42.0 Å². The van der Waals surface area contributed by atoms with E-state index in [2.05, 4.69) is 9.55 Å². The first-order valence-corrected chi connectivity index (χ1v) is 7.15. The molecule has 1 fully saturated rings. The first-order chi connectivity index (χ1) is 8.74. The quantitative estimate of drug-likeness (QED) is 0.923. The Hall–Kier alpha value is -1.49. The van der Waals surface area contributed by atoms with Crippen LogP contribution >= 0.6 is 11.8 Å². The van der Waals surface area contributed by atoms with Crippen molar-refractivity contribution in [2.45, 2.75) is 13.0 Å². The molecule has 18 heavy (non-hydrogen) atoms. The highest BCUT2D eigenvalue weighted by atomic mass is 32.2. The van der Waals surface area contributed by atoms with Crippen molar-refractivity contribution < 1.29 is 9.90 Å². The van der Waals surface area contributed by atoms with E-state index in [1.807, 2.05) is 18.1 Å². The molecule has 1 aromatic heterocycles. The van der Waals surface area contributed by atoms with Crippen LogP contribution in [0, 0.1) is 5.92 Å². The number of aromatic carboxylic acids is 1. The number of imidazole rings is 1. The van der Waals surface area contributed by atoms with Crippen LogP contribution in [-0.4, -0.2) is 32.1 Å². The number of thioether (sulfide) groups is 1. The van der Waals surface area contributed by atoms with Gasteiger partial charge in [-0.2, -0.15) is 11.8 Å². The number of rotatable bonds is 3. The maximum absolute atomic E-state index is 11.0. The molecule has 1 saturated heterocycles. The zero-order valence-electron chi connectivity index (χ0n) is 9.87. The van der Waals surface area contributed by atoms with Crippen molar-refractivity contribution in [3.05, 3.63) is 30.1 Å². The van der Waals surface area contributed by atoms with Gasteiger partial charge >= 0.3 is 5.97 Å². The van der Waals surface area contributed by atoms with Crippen molar-refractivity contribution in [1.29, 1.82) is 0 Å². The summed E-state index contributed by atoms with van der Waals surface area (Å²) in [6, 6.07) is 5.10. The summed E-state index contributed by atoms with van der Waals surface area (Å²) in [4.78, 5) is 15.3. The summed E-state index contributed by atoms with van der Waals surface area (Å²) in [7, 11) is 0. The number of hydrogen-bond acceptors (Lipinski definition) is 3. The summed E-state index contributed by atoms with van der Waals surface area (Å²) in [5.74, 6) is 2.22. The second kappa shape index (κ2) is 4.65. The third-order valence-electron chi connectivity index (χ3n) is 3.35. The van der Waals surface area contributed by atoms with E-state index in [9.17, 15) is 4.79 Å². The summed E-state index contributed by atoms with van der Waals surface area (Å²) in [6.07, 6.45) is 3.06. The fraction of sp³-hybridized carbons (Fsp3) is 0.385. The van der Waals surface area contributed by atoms with Crippen molar-refractivity contribution in [3.8, 4) is 0 Å². The second-order valence-electron chi connectivity index (χ2n) is 4.64. The lowest BCUT2D eigenvalue weighted by Gasteiger charge is -2.10. The summed E-state index contributed by atoms with van der Waals surface area (Å²) in [6.45, 7) is 0.937. The van der Waals surface area contributed by atoms with E-state index in [0.717, 1.165) is 17.6 Å². The molecule has 0 amide bonds. The van der Waals surface area contributed by atoms with Gasteiger partial charge < -0.3 is 9.67 Å². The minimum Gasteiger partial charge on any atom is -0.478 e. The normalized spacial score (nSPS) is 19.4. The Labute approximate surface area is 109 Å². The molecule has 5 heteroatoms. The Balaban J connectivity index is 1.95. The molecule has 0 saturated carbocycles. The smallest absolute Gasteiger partial charge is 0.335 e. The van der Waals surface area contributed by atoms with Gasteiger partial charge in [0.15, 0.2) is 0 Å². The van der Waals surface area contributed by atoms with Gasteiger partial charge in [-0.15, -0.1) is 0 Å². The average molecular weight is 262 g/mol. The van der Waals surface area contributed by atoms with Crippen LogP contribution < -0.4 is 0 Å². The number of carboxylic acids is 1. The summed E-state index contributed by atoms with van der Waals surface area (Å²) < 4.78 is 2.08. The molecule has 0 bridgehead atoms. The third kappa shape index (κ3) is 2.10. The Kier molecular flexibility index (Phi) is 2.99. The van der Waals surface area contributed by atoms with Crippen LogP contribution in [0.4, 0.5) is 0 Å². The maximum Gasteiger partial charge on any atom is 0.335 e. The predicted octanol–water partition coefficient (Wildman–Crippen LogP) is 2.49. The molecule has 1 unspecified atom stereocenters. The van der Waals surface area contributed by atoms with E-state index in [1.165, 1.54) is 17.9 Å². The topological polar surface area (TPSA) is 55.1 Å². The molecule has 2 heterocycles. The monoisotopic (exact) mass is 262 g/mol. The Morgan fingerprint density at radius 3 is 3.17 bits per heavy atom. The largest absolute Gasteiger partial charge is 0.478 e. The summed E-state index contributed by atoms with van der Waals surface area (Å²) >= 11 is 1.99. The van der Waals surface area contributed by atoms with Crippen LogP contribution in [0.1, 0.15) is 16.8 Å². The molecule has 0 aliphatic carbocycles. The van der Waals surface area contributed by atoms with E-state index >= 15 is 0 Å². The van der Waals surface area contributed by atoms with Gasteiger partial charge in [-0.25, -0.2) is 9.78 Å². The number of carbonyl (C=O) groups is 1. The van der Waals surface area contributed by atoms with Gasteiger partial charge in [0.25, 0.3) is 0 Å². The second-order valence-corrected chi connectivity index (χ2v) is 5.79. The molecule has 94 valence electrons. The minimum atomic E-state index is -0.888. The maximum atomic E-state index is 11.0. The van der Waals surface area contributed by atoms with E-state index in [0.29, 0.717) is 11.5 Å². The van der Waals surface area contributed by atoms with Crippen LogP contribution in [0.2, 0.25) is 0 Å². The summed E-state index contributed by atoms with van der Waals surface area (Å²) in [5.41, 5.74) is 2.11. The van der Waals surface area contributed by atoms with Gasteiger partial charge in [0, 0.05) is 6.54 Å². The lowest BCUT2D eigenvalue weighted by Crippen LogP contribution is -2.09. The van der Waals surface area contributed by atoms with Crippen LogP contribution in [0.3, 0.4) is 0 Å². The van der Waals surface area contributed by atoms with E-state index in [4.69, 9.17) is 5.11 Å². The Bertz CT molecular complexity index is 588. The number of benzene rings is 1. The van der Waals surface area contributed by atoms with E-state index < -0.39 is 5.97 Å². The molecular weight excluding hydrogens is 248 g/mol. The lowest BCUT2D eigenvalue weighted by atomic mass is 10.1. The Morgan fingerprint density at radius 2 is 2.44 bits per heavy atom. The van der Waals surface area contributed by atoms with Crippen molar-refractivity contribution in [3.63, 3.8) is 0 Å². The number of carboxylic acid groups (broad SMARTS) is 1. The first kappa shape index (κ1) is 11.6. The molecular formula is C13H14N2O2S. The van der Waals surface area contributed by atoms with Crippen molar-refractivity contribution in [1.82, 2.24) is 9.55 Å². The number of hydrogen-bond donors (Lipinski definition) is 1. The van der Waals surface area contributed by atoms with Gasteiger partial charge in [0.2, 0.25) is 0 Å². The molecule has 0 radical (unpaired) electrons. The lowest BCUT2D eigenvalue weighted by molar-refractivity contribution is 0.0697. The number of fused-ring (bicyclic) bond motifs is 1. The molecule has 1 atom stereocenters. The SMILES string of the molecule is O=C(O)c1ccc2ncn(CC3CCSC3)c2c1. The van der Waals surface area contributed by atoms with Crippen molar-refractivity contribution in [2.75, 3.05) is 11.5 Å². The first-order valence-electron chi connectivity index (χ1n) is 6.00. The average Bonchev–Trinajstić information content (AvgIpc) is 2.99. The minimum absolute atomic E-state index is 0.324. The van der Waals surface area contributed by atoms with E-state index in [-0.39, 0.29) is 0 Å². The van der Waals surface area contributed by atoms with Crippen molar-refractivity contribution >= 4 is 28.8 Å². The zero-order chi connectivity index (χ0) is 12.5. The Morgan fingerprint density at radius 1 is 1.56 bits per heavy atom. The van der Waals surface area contributed by atoms with Crippen LogP contribution in [0.5, 0.6) is 0 Å². The molecule has 1 aliphatic heterocycles. The van der Waals surface area contributed by atoms with Crippen molar-refractivity contribution in [2.24, 2.45) is 5.92 Å². The zero-order valence-corrected chi connectivity index (χ0v) is 10.7. The van der Waals surface area contributed by atoms with Gasteiger partial charge in [-0.3, -0.25) is 0 Å². The number of nitrogens with zero attached hydrogens (tertiary/aromatic N) is 2. The molecule has 2 aromatic rings. The van der Waals surface area contributed by atoms with Gasteiger partial charge in [0.1, 0.15) is 0 Å². The van der Waals surface area contributed by atoms with Crippen LogP contribution in [-0.2, 0) is 6.54 Å². The van der Waals surface area contributed by atoms with Gasteiger partial charge in [-0.1, -0.05) is 0 Å². The highest BCUT2D eigenvalue weighted by molar-refractivity contribution is 7.99. The fourth-order valence-electron chi connectivity index (χ4n) is 2.34.